The molecule has 21 heavy (non-hydrogen) atoms. The molecule has 2 aromatic heterocycles. The van der Waals surface area contributed by atoms with Crippen LogP contribution in [0.5, 0.6) is 0 Å². The van der Waals surface area contributed by atoms with Crippen molar-refractivity contribution in [1.82, 2.24) is 24.5 Å². The lowest BCUT2D eigenvalue weighted by molar-refractivity contribution is 0.101. The highest BCUT2D eigenvalue weighted by molar-refractivity contribution is 5.96. The number of Topliss-reactive ketones (excluding diaryl/α,β-unsaturated/α-hetero) is 1. The van der Waals surface area contributed by atoms with Crippen molar-refractivity contribution in [2.45, 2.75) is 60.0 Å². The van der Waals surface area contributed by atoms with Gasteiger partial charge in [0.1, 0.15) is 18.7 Å². The van der Waals surface area contributed by atoms with E-state index in [9.17, 15) is 4.79 Å². The molecule has 114 valence electrons. The number of hydrogen-bond donors (Lipinski definition) is 0. The smallest absolute Gasteiger partial charge is 0.163 e. The highest BCUT2D eigenvalue weighted by Crippen LogP contribution is 2.18. The molecule has 0 aliphatic heterocycles. The van der Waals surface area contributed by atoms with E-state index in [2.05, 4.69) is 29.0 Å². The van der Waals surface area contributed by atoms with Gasteiger partial charge < -0.3 is 0 Å². The average Bonchev–Trinajstić information content (AvgIpc) is 3.02. The third-order valence-electron chi connectivity index (χ3n) is 3.58. The topological polar surface area (TPSA) is 65.6 Å². The van der Waals surface area contributed by atoms with Gasteiger partial charge in [-0.1, -0.05) is 13.8 Å². The van der Waals surface area contributed by atoms with Crippen molar-refractivity contribution < 1.29 is 4.79 Å². The molecule has 6 nitrogen and oxygen atoms in total. The molecule has 0 atom stereocenters. The maximum atomic E-state index is 11.9. The maximum absolute atomic E-state index is 11.9. The first-order chi connectivity index (χ1) is 9.99. The molecule has 0 spiro atoms. The summed E-state index contributed by atoms with van der Waals surface area (Å²) >= 11 is 0. The maximum Gasteiger partial charge on any atom is 0.163 e. The molecule has 0 fully saturated rings. The first kappa shape index (κ1) is 15.4. The molecule has 0 aliphatic rings. The Morgan fingerprint density at radius 1 is 1.29 bits per heavy atom. The van der Waals surface area contributed by atoms with E-state index in [0.29, 0.717) is 6.54 Å². The molecule has 0 unspecified atom stereocenters. The summed E-state index contributed by atoms with van der Waals surface area (Å²) in [6.45, 7) is 10.4. The van der Waals surface area contributed by atoms with E-state index < -0.39 is 0 Å². The average molecular weight is 289 g/mol. The summed E-state index contributed by atoms with van der Waals surface area (Å²) in [5.41, 5.74) is 2.63. The van der Waals surface area contributed by atoms with Gasteiger partial charge in [-0.3, -0.25) is 9.48 Å². The summed E-state index contributed by atoms with van der Waals surface area (Å²) in [5, 5.41) is 8.86. The van der Waals surface area contributed by atoms with Crippen LogP contribution in [-0.4, -0.2) is 30.3 Å². The van der Waals surface area contributed by atoms with E-state index in [1.54, 1.807) is 13.3 Å². The fraction of sp³-hybridized carbons (Fsp3) is 0.600. The highest BCUT2D eigenvalue weighted by Gasteiger charge is 2.20. The van der Waals surface area contributed by atoms with E-state index >= 15 is 0 Å². The highest BCUT2D eigenvalue weighted by atomic mass is 16.1. The van der Waals surface area contributed by atoms with Crippen molar-refractivity contribution in [1.29, 1.82) is 0 Å². The minimum absolute atomic E-state index is 0.0836. The third-order valence-corrected chi connectivity index (χ3v) is 3.58. The normalized spacial score (nSPS) is 11.3. The lowest BCUT2D eigenvalue weighted by Gasteiger charge is -2.11. The molecule has 0 saturated carbocycles. The summed E-state index contributed by atoms with van der Waals surface area (Å²) in [7, 11) is 0. The number of aryl methyl sites for hydroxylation is 1. The van der Waals surface area contributed by atoms with Crippen LogP contribution >= 0.6 is 0 Å². The van der Waals surface area contributed by atoms with Crippen molar-refractivity contribution in [3.05, 3.63) is 29.1 Å². The predicted molar refractivity (Wildman–Crippen MR) is 80.5 cm³/mol. The molecule has 0 saturated heterocycles. The summed E-state index contributed by atoms with van der Waals surface area (Å²) in [4.78, 5) is 16.2. The van der Waals surface area contributed by atoms with Crippen LogP contribution in [0.3, 0.4) is 0 Å². The largest absolute Gasteiger partial charge is 0.294 e. The van der Waals surface area contributed by atoms with Gasteiger partial charge in [0.15, 0.2) is 5.78 Å². The molecule has 2 heterocycles. The fourth-order valence-electron chi connectivity index (χ4n) is 2.65. The third kappa shape index (κ3) is 2.89. The van der Waals surface area contributed by atoms with E-state index in [-0.39, 0.29) is 11.8 Å². The van der Waals surface area contributed by atoms with Crippen molar-refractivity contribution in [2.75, 3.05) is 0 Å². The first-order valence-electron chi connectivity index (χ1n) is 7.47. The van der Waals surface area contributed by atoms with E-state index in [1.807, 2.05) is 23.2 Å². The minimum Gasteiger partial charge on any atom is -0.294 e. The van der Waals surface area contributed by atoms with Crippen LogP contribution in [0.15, 0.2) is 6.33 Å². The predicted octanol–water partition coefficient (Wildman–Crippen LogP) is 2.43. The molecule has 2 aromatic rings. The standard InChI is InChI=1S/C15H23N5O/c1-6-12-15(11(5)21)13(7-2)19(18-12)8-14-16-9-17-20(14)10(3)4/h9-10H,6-8H2,1-5H3. The van der Waals surface area contributed by atoms with Crippen LogP contribution < -0.4 is 0 Å². The van der Waals surface area contributed by atoms with Crippen LogP contribution in [0.4, 0.5) is 0 Å². The van der Waals surface area contributed by atoms with Gasteiger partial charge in [0.2, 0.25) is 0 Å². The van der Waals surface area contributed by atoms with Gasteiger partial charge in [-0.2, -0.15) is 10.2 Å². The Labute approximate surface area is 125 Å². The first-order valence-corrected chi connectivity index (χ1v) is 7.47. The second kappa shape index (κ2) is 6.20. The molecule has 0 amide bonds. The van der Waals surface area contributed by atoms with Crippen molar-refractivity contribution in [3.8, 4) is 0 Å². The fourth-order valence-corrected chi connectivity index (χ4v) is 2.65. The molecule has 0 radical (unpaired) electrons. The summed E-state index contributed by atoms with van der Waals surface area (Å²) < 4.78 is 3.79. The zero-order valence-electron chi connectivity index (χ0n) is 13.4. The van der Waals surface area contributed by atoms with Gasteiger partial charge in [0.25, 0.3) is 0 Å². The number of carbonyl (C=O) groups is 1. The van der Waals surface area contributed by atoms with Crippen molar-refractivity contribution in [2.24, 2.45) is 0 Å². The van der Waals surface area contributed by atoms with Gasteiger partial charge in [-0.25, -0.2) is 9.67 Å². The monoisotopic (exact) mass is 289 g/mol. The molecule has 0 bridgehead atoms. The van der Waals surface area contributed by atoms with Crippen molar-refractivity contribution >= 4 is 5.78 Å². The van der Waals surface area contributed by atoms with E-state index in [4.69, 9.17) is 0 Å². The number of rotatable bonds is 6. The van der Waals surface area contributed by atoms with Crippen LogP contribution in [0.2, 0.25) is 0 Å². The van der Waals surface area contributed by atoms with Crippen LogP contribution in [0.25, 0.3) is 0 Å². The molecule has 0 N–H and O–H groups in total. The van der Waals surface area contributed by atoms with E-state index in [0.717, 1.165) is 35.6 Å². The number of ketones is 1. The Balaban J connectivity index is 2.44. The van der Waals surface area contributed by atoms with Crippen LogP contribution in [0.1, 0.15) is 68.2 Å². The second-order valence-corrected chi connectivity index (χ2v) is 5.40. The molecule has 0 aliphatic carbocycles. The second-order valence-electron chi connectivity index (χ2n) is 5.40. The lowest BCUT2D eigenvalue weighted by Crippen LogP contribution is -2.14. The molecular formula is C15H23N5O. The van der Waals surface area contributed by atoms with Gasteiger partial charge in [0.05, 0.1) is 11.3 Å². The number of carbonyl (C=O) groups excluding carboxylic acids is 1. The van der Waals surface area contributed by atoms with Gasteiger partial charge in [0, 0.05) is 11.7 Å². The van der Waals surface area contributed by atoms with Crippen LogP contribution in [-0.2, 0) is 19.4 Å². The Kier molecular flexibility index (Phi) is 4.55. The quantitative estimate of drug-likeness (QED) is 0.766. The van der Waals surface area contributed by atoms with Crippen molar-refractivity contribution in [3.63, 3.8) is 0 Å². The minimum atomic E-state index is 0.0836. The van der Waals surface area contributed by atoms with Crippen LogP contribution in [0, 0.1) is 0 Å². The Hall–Kier alpha value is -1.98. The Morgan fingerprint density at radius 3 is 2.52 bits per heavy atom. The summed E-state index contributed by atoms with van der Waals surface area (Å²) in [6, 6.07) is 0.251. The zero-order chi connectivity index (χ0) is 15.6. The zero-order valence-corrected chi connectivity index (χ0v) is 13.4. The molecule has 2 rings (SSSR count). The Morgan fingerprint density at radius 2 is 2.00 bits per heavy atom. The number of hydrogen-bond acceptors (Lipinski definition) is 4. The van der Waals surface area contributed by atoms with Gasteiger partial charge in [-0.15, -0.1) is 0 Å². The lowest BCUT2D eigenvalue weighted by atomic mass is 10.1. The van der Waals surface area contributed by atoms with Gasteiger partial charge in [-0.05, 0) is 33.6 Å². The molecule has 0 aromatic carbocycles. The summed E-state index contributed by atoms with van der Waals surface area (Å²) in [6.07, 6.45) is 3.10. The SMILES string of the molecule is CCc1nn(Cc2ncnn2C(C)C)c(CC)c1C(C)=O. The molecular weight excluding hydrogens is 266 g/mol. The van der Waals surface area contributed by atoms with E-state index in [1.165, 1.54) is 0 Å². The number of aromatic nitrogens is 5. The summed E-state index contributed by atoms with van der Waals surface area (Å²) in [5.74, 6) is 0.945. The van der Waals surface area contributed by atoms with Gasteiger partial charge >= 0.3 is 0 Å². The Bertz CT molecular complexity index is 639. The number of nitrogens with zero attached hydrogens (tertiary/aromatic N) is 5. The molecule has 6 heteroatoms.